The predicted octanol–water partition coefficient (Wildman–Crippen LogP) is 5.23. The Labute approximate surface area is 282 Å². The Morgan fingerprint density at radius 3 is 2.42 bits per heavy atom. The number of aliphatic carboxylic acids is 1. The maximum Gasteiger partial charge on any atom is 0.303 e. The van der Waals surface area contributed by atoms with Crippen molar-refractivity contribution in [3.63, 3.8) is 0 Å². The van der Waals surface area contributed by atoms with Gasteiger partial charge in [-0.25, -0.2) is 4.90 Å². The van der Waals surface area contributed by atoms with Gasteiger partial charge < -0.3 is 14.6 Å². The van der Waals surface area contributed by atoms with E-state index >= 15 is 4.79 Å². The van der Waals surface area contributed by atoms with E-state index in [1.54, 1.807) is 36.4 Å². The quantitative estimate of drug-likeness (QED) is 0.169. The van der Waals surface area contributed by atoms with E-state index in [1.165, 1.54) is 9.80 Å². The number of hydrogen-bond donors (Lipinski definition) is 2. The average molecular weight is 671 g/mol. The van der Waals surface area contributed by atoms with Crippen LogP contribution in [0.15, 0.2) is 82.8 Å². The third kappa shape index (κ3) is 4.92. The fraction of sp³-hybridized carbons (Fsp3) is 0.378. The number of rotatable bonds is 10. The van der Waals surface area contributed by atoms with Gasteiger partial charge in [0.25, 0.3) is 0 Å². The van der Waals surface area contributed by atoms with E-state index in [4.69, 9.17) is 21.1 Å². The smallest absolute Gasteiger partial charge is 0.303 e. The van der Waals surface area contributed by atoms with Crippen molar-refractivity contribution in [1.29, 1.82) is 0 Å². The summed E-state index contributed by atoms with van der Waals surface area (Å²) in [6.45, 7) is -0.164. The van der Waals surface area contributed by atoms with Crippen molar-refractivity contribution in [1.82, 2.24) is 4.90 Å². The second-order valence-electron chi connectivity index (χ2n) is 13.1. The van der Waals surface area contributed by atoms with E-state index in [1.807, 2.05) is 36.4 Å². The van der Waals surface area contributed by atoms with Gasteiger partial charge in [0.05, 0.1) is 29.4 Å². The zero-order valence-electron chi connectivity index (χ0n) is 26.1. The van der Waals surface area contributed by atoms with Gasteiger partial charge >= 0.3 is 5.97 Å². The molecule has 0 radical (unpaired) electrons. The molecular weight excluding hydrogens is 636 g/mol. The van der Waals surface area contributed by atoms with Crippen LogP contribution in [0.25, 0.3) is 0 Å². The molecule has 4 aliphatic rings. The lowest BCUT2D eigenvalue weighted by Crippen LogP contribution is -2.53. The summed E-state index contributed by atoms with van der Waals surface area (Å²) in [7, 11) is 0. The van der Waals surface area contributed by atoms with E-state index in [9.17, 15) is 24.3 Å². The lowest BCUT2D eigenvalue weighted by Gasteiger charge is -2.49. The number of halogens is 1. The number of anilines is 1. The van der Waals surface area contributed by atoms with Crippen molar-refractivity contribution >= 4 is 46.9 Å². The third-order valence-corrected chi connectivity index (χ3v) is 10.9. The summed E-state index contributed by atoms with van der Waals surface area (Å²) >= 11 is 6.34. The van der Waals surface area contributed by atoms with Crippen LogP contribution in [0.3, 0.4) is 0 Å². The topological polar surface area (TPSA) is 145 Å². The number of carboxylic acid groups (broad SMARTS) is 1. The number of aliphatic hydroxyl groups is 1. The number of carbonyl (C=O) groups is 5. The number of allylic oxidation sites excluding steroid dienone is 2. The lowest BCUT2D eigenvalue weighted by molar-refractivity contribution is -0.141. The highest BCUT2D eigenvalue weighted by molar-refractivity contribution is 6.32. The minimum absolute atomic E-state index is 0.0260. The van der Waals surface area contributed by atoms with Crippen LogP contribution in [0.1, 0.15) is 61.5 Å². The van der Waals surface area contributed by atoms with Gasteiger partial charge in [-0.1, -0.05) is 66.1 Å². The molecule has 11 heteroatoms. The van der Waals surface area contributed by atoms with Gasteiger partial charge in [0, 0.05) is 18.0 Å². The molecule has 0 unspecified atom stereocenters. The van der Waals surface area contributed by atoms with Gasteiger partial charge in [0.1, 0.15) is 23.5 Å². The fourth-order valence-electron chi connectivity index (χ4n) is 8.70. The number of aliphatic hydroxyl groups excluding tert-OH is 1. The van der Waals surface area contributed by atoms with Crippen molar-refractivity contribution in [3.05, 3.63) is 100 Å². The summed E-state index contributed by atoms with van der Waals surface area (Å²) in [4.78, 5) is 71.0. The molecule has 3 heterocycles. The molecule has 2 aliphatic carbocycles. The molecule has 48 heavy (non-hydrogen) atoms. The molecule has 1 aromatic heterocycles. The normalized spacial score (nSPS) is 28.0. The molecule has 3 fully saturated rings. The van der Waals surface area contributed by atoms with Crippen molar-refractivity contribution < 1.29 is 38.6 Å². The number of fused-ring (bicyclic) bond motifs is 4. The molecule has 1 saturated carbocycles. The van der Waals surface area contributed by atoms with Crippen LogP contribution in [-0.4, -0.2) is 51.3 Å². The zero-order chi connectivity index (χ0) is 33.7. The highest BCUT2D eigenvalue weighted by atomic mass is 35.5. The molecule has 2 saturated heterocycles. The second kappa shape index (κ2) is 12.5. The first-order valence-electron chi connectivity index (χ1n) is 16.3. The van der Waals surface area contributed by atoms with E-state index in [-0.39, 0.29) is 44.2 Å². The Morgan fingerprint density at radius 2 is 1.71 bits per heavy atom. The number of imide groups is 2. The molecule has 248 valence electrons. The van der Waals surface area contributed by atoms with Crippen LogP contribution in [0.5, 0.6) is 0 Å². The minimum atomic E-state index is -1.45. The van der Waals surface area contributed by atoms with Gasteiger partial charge in [-0.3, -0.25) is 28.9 Å². The summed E-state index contributed by atoms with van der Waals surface area (Å²) in [5, 5.41) is 19.3. The van der Waals surface area contributed by atoms with E-state index in [0.29, 0.717) is 47.1 Å². The summed E-state index contributed by atoms with van der Waals surface area (Å²) in [6, 6.07) is 19.1. The van der Waals surface area contributed by atoms with Crippen molar-refractivity contribution in [2.75, 3.05) is 11.4 Å². The first-order chi connectivity index (χ1) is 23.2. The number of furan rings is 1. The number of benzene rings is 2. The third-order valence-electron chi connectivity index (χ3n) is 10.7. The number of likely N-dealkylation sites (tertiary alicyclic amines) is 1. The molecular formula is C37H35ClN2O8. The van der Waals surface area contributed by atoms with Crippen LogP contribution in [0.2, 0.25) is 5.02 Å². The number of nitrogens with zero attached hydrogens (tertiary/aromatic N) is 2. The molecule has 0 bridgehead atoms. The van der Waals surface area contributed by atoms with Crippen LogP contribution in [0, 0.1) is 23.7 Å². The van der Waals surface area contributed by atoms with Crippen LogP contribution >= 0.6 is 11.6 Å². The molecule has 10 nitrogen and oxygen atoms in total. The van der Waals surface area contributed by atoms with Crippen molar-refractivity contribution in [2.45, 2.75) is 56.5 Å². The molecule has 6 atom stereocenters. The second-order valence-corrected chi connectivity index (χ2v) is 13.5. The highest BCUT2D eigenvalue weighted by Crippen LogP contribution is 2.64. The SMILES string of the molecule is O=C(O)CCCCCN1C(=O)[C@H]2[C@H](CC=C3[C@H]2C[C@H]2C(=O)N(c4cccc(Cl)c4)C(=O)[C@@]2(c2ccccc2)[C@H]3c2ccc(CO)o2)C1=O. The van der Waals surface area contributed by atoms with Crippen molar-refractivity contribution in [2.24, 2.45) is 23.7 Å². The largest absolute Gasteiger partial charge is 0.481 e. The maximum atomic E-state index is 15.1. The van der Waals surface area contributed by atoms with E-state index in [2.05, 4.69) is 0 Å². The standard InChI is InChI=1S/C37H35ClN2O8/c38-22-10-7-11-23(18-22)40-34(45)28-19-27-25(14-15-26-31(27)35(46)39(33(26)44)17-6-2-5-12-30(42)43)32(29-16-13-24(20-41)48-29)37(28,36(40)47)21-8-3-1-4-9-21/h1,3-4,7-11,13-14,16,18,26-28,31-32,41H,2,5-6,12,15,17,19-20H2,(H,42,43)/t26-,27+,28-,31-,32+,37+/m0/s1. The molecule has 0 spiro atoms. The summed E-state index contributed by atoms with van der Waals surface area (Å²) < 4.78 is 6.19. The first kappa shape index (κ1) is 32.0. The fourth-order valence-corrected chi connectivity index (χ4v) is 8.88. The van der Waals surface area contributed by atoms with Gasteiger partial charge in [0.15, 0.2) is 0 Å². The van der Waals surface area contributed by atoms with Gasteiger partial charge in [-0.15, -0.1) is 0 Å². The minimum Gasteiger partial charge on any atom is -0.481 e. The van der Waals surface area contributed by atoms with Gasteiger partial charge in [-0.05, 0) is 67.5 Å². The highest BCUT2D eigenvalue weighted by Gasteiger charge is 2.70. The average Bonchev–Trinajstić information content (AvgIpc) is 3.72. The number of unbranched alkanes of at least 4 members (excludes halogenated alkanes) is 2. The zero-order valence-corrected chi connectivity index (χ0v) is 26.8. The van der Waals surface area contributed by atoms with Crippen LogP contribution in [0.4, 0.5) is 5.69 Å². The number of carboxylic acids is 1. The number of hydrogen-bond acceptors (Lipinski definition) is 7. The van der Waals surface area contributed by atoms with E-state index < -0.39 is 52.8 Å². The molecule has 2 N–H and O–H groups in total. The van der Waals surface area contributed by atoms with Gasteiger partial charge in [-0.2, -0.15) is 0 Å². The summed E-state index contributed by atoms with van der Waals surface area (Å²) in [5.74, 6) is -5.17. The van der Waals surface area contributed by atoms with Crippen LogP contribution < -0.4 is 4.90 Å². The predicted molar refractivity (Wildman–Crippen MR) is 174 cm³/mol. The number of carbonyl (C=O) groups excluding carboxylic acids is 4. The van der Waals surface area contributed by atoms with Gasteiger partial charge in [0.2, 0.25) is 23.6 Å². The first-order valence-corrected chi connectivity index (χ1v) is 16.7. The maximum absolute atomic E-state index is 15.1. The van der Waals surface area contributed by atoms with Crippen LogP contribution in [-0.2, 0) is 36.0 Å². The Kier molecular flexibility index (Phi) is 8.33. The molecule has 7 rings (SSSR count). The Hall–Kier alpha value is -4.54. The van der Waals surface area contributed by atoms with E-state index in [0.717, 1.165) is 5.57 Å². The summed E-state index contributed by atoms with van der Waals surface area (Å²) in [5.41, 5.74) is 0.292. The monoisotopic (exact) mass is 670 g/mol. The Morgan fingerprint density at radius 1 is 0.917 bits per heavy atom. The Balaban J connectivity index is 1.34. The summed E-state index contributed by atoms with van der Waals surface area (Å²) in [6.07, 6.45) is 3.95. The molecule has 3 aromatic rings. The molecule has 2 aliphatic heterocycles. The Bertz CT molecular complexity index is 1830. The number of amides is 4. The lowest BCUT2D eigenvalue weighted by atomic mass is 9.50. The molecule has 4 amide bonds. The molecule has 2 aromatic carbocycles. The van der Waals surface area contributed by atoms with Crippen molar-refractivity contribution in [3.8, 4) is 0 Å².